The Morgan fingerprint density at radius 2 is 2.18 bits per heavy atom. The molecule has 1 aromatic rings. The third-order valence-electron chi connectivity index (χ3n) is 2.11. The molecule has 0 aliphatic rings. The third kappa shape index (κ3) is 3.44. The Morgan fingerprint density at radius 1 is 1.53 bits per heavy atom. The van der Waals surface area contributed by atoms with Gasteiger partial charge in [-0.1, -0.05) is 12.1 Å². The Kier molecular flexibility index (Phi) is 4.45. The lowest BCUT2D eigenvalue weighted by Crippen LogP contribution is -2.28. The van der Waals surface area contributed by atoms with E-state index in [4.69, 9.17) is 4.74 Å². The van der Waals surface area contributed by atoms with Gasteiger partial charge >= 0.3 is 5.97 Å². The van der Waals surface area contributed by atoms with Crippen molar-refractivity contribution in [3.8, 4) is 0 Å². The lowest BCUT2D eigenvalue weighted by molar-refractivity contribution is -0.384. The number of rotatable bonds is 5. The number of nitro groups is 1. The molecule has 0 fully saturated rings. The summed E-state index contributed by atoms with van der Waals surface area (Å²) in [6.07, 6.45) is 0. The highest BCUT2D eigenvalue weighted by atomic mass is 16.6. The summed E-state index contributed by atoms with van der Waals surface area (Å²) in [5, 5.41) is 13.5. The standard InChI is InChI=1S/C11H14N2O4/c1-3-17-11(14)8(2)12-9-6-4-5-7-10(9)13(15)16/h4-8,12H,3H2,1-2H3. The predicted molar refractivity (Wildman–Crippen MR) is 62.8 cm³/mol. The molecule has 1 N–H and O–H groups in total. The lowest BCUT2D eigenvalue weighted by atomic mass is 10.2. The summed E-state index contributed by atoms with van der Waals surface area (Å²) in [7, 11) is 0. The molecule has 1 aromatic carbocycles. The fraction of sp³-hybridized carbons (Fsp3) is 0.364. The van der Waals surface area contributed by atoms with Gasteiger partial charge in [0.25, 0.3) is 5.69 Å². The first-order valence-corrected chi connectivity index (χ1v) is 5.22. The van der Waals surface area contributed by atoms with Crippen molar-refractivity contribution in [2.24, 2.45) is 0 Å². The van der Waals surface area contributed by atoms with Crippen molar-refractivity contribution in [1.29, 1.82) is 0 Å². The molecule has 1 atom stereocenters. The van der Waals surface area contributed by atoms with E-state index in [-0.39, 0.29) is 12.3 Å². The first-order valence-electron chi connectivity index (χ1n) is 5.22. The maximum atomic E-state index is 11.4. The molecule has 0 aromatic heterocycles. The van der Waals surface area contributed by atoms with E-state index in [1.54, 1.807) is 32.0 Å². The van der Waals surface area contributed by atoms with Crippen LogP contribution in [0.2, 0.25) is 0 Å². The predicted octanol–water partition coefficient (Wildman–Crippen LogP) is 1.96. The number of carbonyl (C=O) groups excluding carboxylic acids is 1. The molecule has 0 spiro atoms. The molecule has 1 unspecified atom stereocenters. The number of anilines is 1. The van der Waals surface area contributed by atoms with Crippen molar-refractivity contribution in [1.82, 2.24) is 0 Å². The van der Waals surface area contributed by atoms with Crippen molar-refractivity contribution in [2.75, 3.05) is 11.9 Å². The van der Waals surface area contributed by atoms with Gasteiger partial charge in [0.1, 0.15) is 11.7 Å². The van der Waals surface area contributed by atoms with Crippen LogP contribution in [0.5, 0.6) is 0 Å². The minimum Gasteiger partial charge on any atom is -0.464 e. The number of hydrogen-bond donors (Lipinski definition) is 1. The van der Waals surface area contributed by atoms with E-state index in [1.165, 1.54) is 6.07 Å². The first-order chi connectivity index (χ1) is 8.06. The smallest absolute Gasteiger partial charge is 0.328 e. The maximum absolute atomic E-state index is 11.4. The molecule has 0 saturated carbocycles. The molecule has 17 heavy (non-hydrogen) atoms. The quantitative estimate of drug-likeness (QED) is 0.481. The molecule has 6 nitrogen and oxygen atoms in total. The van der Waals surface area contributed by atoms with Gasteiger partial charge in [0, 0.05) is 6.07 Å². The minimum atomic E-state index is -0.629. The van der Waals surface area contributed by atoms with Crippen LogP contribution in [-0.4, -0.2) is 23.5 Å². The van der Waals surface area contributed by atoms with Gasteiger partial charge in [-0.2, -0.15) is 0 Å². The van der Waals surface area contributed by atoms with Crippen LogP contribution in [-0.2, 0) is 9.53 Å². The average molecular weight is 238 g/mol. The van der Waals surface area contributed by atoms with Crippen LogP contribution in [0.3, 0.4) is 0 Å². The van der Waals surface area contributed by atoms with Crippen molar-refractivity contribution in [2.45, 2.75) is 19.9 Å². The van der Waals surface area contributed by atoms with E-state index in [1.807, 2.05) is 0 Å². The normalized spacial score (nSPS) is 11.6. The van der Waals surface area contributed by atoms with Crippen molar-refractivity contribution in [3.63, 3.8) is 0 Å². The second-order valence-corrected chi connectivity index (χ2v) is 3.39. The molecule has 0 saturated heterocycles. The zero-order valence-corrected chi connectivity index (χ0v) is 9.67. The molecule has 0 amide bonds. The number of hydrogen-bond acceptors (Lipinski definition) is 5. The van der Waals surface area contributed by atoms with Crippen LogP contribution < -0.4 is 5.32 Å². The SMILES string of the molecule is CCOC(=O)C(C)Nc1ccccc1[N+](=O)[O-]. The van der Waals surface area contributed by atoms with Crippen LogP contribution in [0.1, 0.15) is 13.8 Å². The summed E-state index contributed by atoms with van der Waals surface area (Å²) in [5.74, 6) is -0.439. The average Bonchev–Trinajstić information content (AvgIpc) is 2.29. The summed E-state index contributed by atoms with van der Waals surface area (Å²) in [6, 6.07) is 5.52. The summed E-state index contributed by atoms with van der Waals surface area (Å²) < 4.78 is 4.80. The number of carbonyl (C=O) groups is 1. The summed E-state index contributed by atoms with van der Waals surface area (Å²) in [4.78, 5) is 21.6. The van der Waals surface area contributed by atoms with Gasteiger partial charge in [-0.25, -0.2) is 4.79 Å². The molecule has 0 heterocycles. The van der Waals surface area contributed by atoms with Crippen LogP contribution in [0.25, 0.3) is 0 Å². The fourth-order valence-corrected chi connectivity index (χ4v) is 1.31. The highest BCUT2D eigenvalue weighted by Gasteiger charge is 2.18. The number of para-hydroxylation sites is 2. The van der Waals surface area contributed by atoms with Crippen molar-refractivity contribution in [3.05, 3.63) is 34.4 Å². The first kappa shape index (κ1) is 13.0. The number of esters is 1. The van der Waals surface area contributed by atoms with E-state index in [0.29, 0.717) is 5.69 Å². The Labute approximate surface area is 98.7 Å². The molecule has 0 aliphatic carbocycles. The summed E-state index contributed by atoms with van der Waals surface area (Å²) in [6.45, 7) is 3.58. The highest BCUT2D eigenvalue weighted by Crippen LogP contribution is 2.23. The zero-order chi connectivity index (χ0) is 12.8. The largest absolute Gasteiger partial charge is 0.464 e. The van der Waals surface area contributed by atoms with E-state index in [2.05, 4.69) is 5.32 Å². The number of benzene rings is 1. The van der Waals surface area contributed by atoms with Crippen molar-refractivity contribution < 1.29 is 14.5 Å². The van der Waals surface area contributed by atoms with Gasteiger partial charge in [0.05, 0.1) is 11.5 Å². The highest BCUT2D eigenvalue weighted by molar-refractivity contribution is 5.80. The second-order valence-electron chi connectivity index (χ2n) is 3.39. The molecular weight excluding hydrogens is 224 g/mol. The zero-order valence-electron chi connectivity index (χ0n) is 9.67. The number of nitrogens with one attached hydrogen (secondary N) is 1. The number of ether oxygens (including phenoxy) is 1. The van der Waals surface area contributed by atoms with Gasteiger partial charge in [-0.05, 0) is 19.9 Å². The summed E-state index contributed by atoms with van der Waals surface area (Å²) in [5.41, 5.74) is 0.238. The molecule has 1 rings (SSSR count). The van der Waals surface area contributed by atoms with E-state index in [9.17, 15) is 14.9 Å². The van der Waals surface area contributed by atoms with E-state index >= 15 is 0 Å². The van der Waals surface area contributed by atoms with E-state index in [0.717, 1.165) is 0 Å². The Hall–Kier alpha value is -2.11. The van der Waals surface area contributed by atoms with Crippen molar-refractivity contribution >= 4 is 17.3 Å². The topological polar surface area (TPSA) is 81.5 Å². The van der Waals surface area contributed by atoms with Crippen LogP contribution in [0.4, 0.5) is 11.4 Å². The monoisotopic (exact) mass is 238 g/mol. The van der Waals surface area contributed by atoms with Gasteiger partial charge < -0.3 is 10.1 Å². The Balaban J connectivity index is 2.81. The molecule has 0 radical (unpaired) electrons. The van der Waals surface area contributed by atoms with Crippen LogP contribution in [0.15, 0.2) is 24.3 Å². The molecule has 92 valence electrons. The molecule has 0 aliphatic heterocycles. The fourth-order valence-electron chi connectivity index (χ4n) is 1.31. The Morgan fingerprint density at radius 3 is 2.76 bits per heavy atom. The van der Waals surface area contributed by atoms with Gasteiger partial charge in [0.15, 0.2) is 0 Å². The molecule has 0 bridgehead atoms. The van der Waals surface area contributed by atoms with E-state index < -0.39 is 16.9 Å². The van der Waals surface area contributed by atoms with Gasteiger partial charge in [-0.3, -0.25) is 10.1 Å². The third-order valence-corrected chi connectivity index (χ3v) is 2.11. The van der Waals surface area contributed by atoms with Crippen LogP contribution >= 0.6 is 0 Å². The van der Waals surface area contributed by atoms with Crippen LogP contribution in [0, 0.1) is 10.1 Å². The summed E-state index contributed by atoms with van der Waals surface area (Å²) >= 11 is 0. The number of nitrogens with zero attached hydrogens (tertiary/aromatic N) is 1. The number of nitro benzene ring substituents is 1. The Bertz CT molecular complexity index is 420. The van der Waals surface area contributed by atoms with Gasteiger partial charge in [0.2, 0.25) is 0 Å². The minimum absolute atomic E-state index is 0.0661. The lowest BCUT2D eigenvalue weighted by Gasteiger charge is -2.13. The second kappa shape index (κ2) is 5.83. The maximum Gasteiger partial charge on any atom is 0.328 e. The molecular formula is C11H14N2O4. The molecule has 6 heteroatoms. The van der Waals surface area contributed by atoms with Gasteiger partial charge in [-0.15, -0.1) is 0 Å².